The SMILES string of the molecule is CCCC(CCC)c1ccc(-c2ccccc2)n1CC(=O)N=C(N)N. The quantitative estimate of drug-likeness (QED) is 0.568. The largest absolute Gasteiger partial charge is 0.370 e. The zero-order valence-electron chi connectivity index (χ0n) is 15.1. The summed E-state index contributed by atoms with van der Waals surface area (Å²) in [5.74, 6) is -0.0977. The number of carbonyl (C=O) groups excluding carboxylic acids is 1. The normalized spacial score (nSPS) is 10.8. The Morgan fingerprint density at radius 3 is 2.24 bits per heavy atom. The summed E-state index contributed by atoms with van der Waals surface area (Å²) in [5, 5.41) is 0. The molecule has 5 heteroatoms. The van der Waals surface area contributed by atoms with E-state index in [1.54, 1.807) is 0 Å². The van der Waals surface area contributed by atoms with E-state index in [0.717, 1.165) is 36.9 Å². The number of guanidine groups is 1. The van der Waals surface area contributed by atoms with E-state index in [2.05, 4.69) is 47.7 Å². The first-order chi connectivity index (χ1) is 12.1. The van der Waals surface area contributed by atoms with Crippen LogP contribution < -0.4 is 11.5 Å². The number of hydrogen-bond acceptors (Lipinski definition) is 1. The average molecular weight is 340 g/mol. The highest BCUT2D eigenvalue weighted by Crippen LogP contribution is 2.32. The van der Waals surface area contributed by atoms with Crippen LogP contribution in [0.25, 0.3) is 11.3 Å². The molecule has 1 amide bonds. The van der Waals surface area contributed by atoms with Gasteiger partial charge in [0.05, 0.1) is 0 Å². The van der Waals surface area contributed by atoms with Gasteiger partial charge in [0.1, 0.15) is 6.54 Å². The lowest BCUT2D eigenvalue weighted by molar-refractivity contribution is -0.118. The number of aliphatic imine (C=N–C) groups is 1. The zero-order chi connectivity index (χ0) is 18.2. The van der Waals surface area contributed by atoms with E-state index in [-0.39, 0.29) is 18.4 Å². The lowest BCUT2D eigenvalue weighted by Crippen LogP contribution is -2.25. The Morgan fingerprint density at radius 1 is 1.04 bits per heavy atom. The number of hydrogen-bond donors (Lipinski definition) is 2. The van der Waals surface area contributed by atoms with Crippen molar-refractivity contribution >= 4 is 11.9 Å². The van der Waals surface area contributed by atoms with Crippen molar-refractivity contribution in [2.45, 2.75) is 52.0 Å². The number of amides is 1. The second kappa shape index (κ2) is 9.06. The maximum absolute atomic E-state index is 12.2. The Labute approximate surface area is 149 Å². The summed E-state index contributed by atoms with van der Waals surface area (Å²) in [6, 6.07) is 14.3. The minimum Gasteiger partial charge on any atom is -0.370 e. The summed E-state index contributed by atoms with van der Waals surface area (Å²) in [6.45, 7) is 4.53. The molecule has 1 heterocycles. The van der Waals surface area contributed by atoms with Gasteiger partial charge in [0.15, 0.2) is 5.96 Å². The van der Waals surface area contributed by atoms with Gasteiger partial charge in [0, 0.05) is 11.4 Å². The van der Waals surface area contributed by atoms with Crippen molar-refractivity contribution in [3.05, 3.63) is 48.2 Å². The van der Waals surface area contributed by atoms with Crippen LogP contribution in [0.5, 0.6) is 0 Å². The van der Waals surface area contributed by atoms with Crippen LogP contribution in [0.4, 0.5) is 0 Å². The minimum absolute atomic E-state index is 0.147. The van der Waals surface area contributed by atoms with Crippen molar-refractivity contribution in [1.82, 2.24) is 4.57 Å². The molecule has 0 unspecified atom stereocenters. The summed E-state index contributed by atoms with van der Waals surface area (Å²) in [5.41, 5.74) is 14.0. The Morgan fingerprint density at radius 2 is 1.68 bits per heavy atom. The first kappa shape index (κ1) is 18.8. The van der Waals surface area contributed by atoms with Gasteiger partial charge in [0.2, 0.25) is 0 Å². The predicted molar refractivity (Wildman–Crippen MR) is 103 cm³/mol. The van der Waals surface area contributed by atoms with Crippen LogP contribution in [-0.4, -0.2) is 16.4 Å². The van der Waals surface area contributed by atoms with Crippen LogP contribution in [0, 0.1) is 0 Å². The molecular weight excluding hydrogens is 312 g/mol. The Kier molecular flexibility index (Phi) is 6.81. The lowest BCUT2D eigenvalue weighted by Gasteiger charge is -2.20. The van der Waals surface area contributed by atoms with Gasteiger partial charge in [0.25, 0.3) is 5.91 Å². The van der Waals surface area contributed by atoms with Gasteiger partial charge in [-0.2, -0.15) is 4.99 Å². The van der Waals surface area contributed by atoms with Crippen LogP contribution >= 0.6 is 0 Å². The fourth-order valence-corrected chi connectivity index (χ4v) is 3.33. The molecule has 0 radical (unpaired) electrons. The number of nitrogens with two attached hydrogens (primary N) is 2. The minimum atomic E-state index is -0.332. The first-order valence-corrected chi connectivity index (χ1v) is 8.94. The fraction of sp³-hybridized carbons (Fsp3) is 0.400. The van der Waals surface area contributed by atoms with Gasteiger partial charge >= 0.3 is 0 Å². The average Bonchev–Trinajstić information content (AvgIpc) is 2.98. The Bertz CT molecular complexity index is 709. The molecule has 0 aliphatic heterocycles. The molecular formula is C20H28N4O. The fourth-order valence-electron chi connectivity index (χ4n) is 3.33. The number of benzene rings is 1. The molecule has 4 N–H and O–H groups in total. The van der Waals surface area contributed by atoms with E-state index in [0.29, 0.717) is 5.92 Å². The van der Waals surface area contributed by atoms with E-state index in [9.17, 15) is 4.79 Å². The van der Waals surface area contributed by atoms with Crippen molar-refractivity contribution in [3.63, 3.8) is 0 Å². The molecule has 0 fully saturated rings. The summed E-state index contributed by atoms with van der Waals surface area (Å²) >= 11 is 0. The maximum Gasteiger partial charge on any atom is 0.268 e. The van der Waals surface area contributed by atoms with Crippen molar-refractivity contribution in [2.24, 2.45) is 16.5 Å². The standard InChI is InChI=1S/C20H28N4O/c1-3-8-15(9-4-2)17-12-13-18(16-10-6-5-7-11-16)24(17)14-19(25)23-20(21)22/h5-7,10-13,15H,3-4,8-9,14H2,1-2H3,(H4,21,22,23,25). The van der Waals surface area contributed by atoms with Crippen molar-refractivity contribution in [2.75, 3.05) is 0 Å². The van der Waals surface area contributed by atoms with Gasteiger partial charge in [-0.15, -0.1) is 0 Å². The van der Waals surface area contributed by atoms with Gasteiger partial charge in [-0.25, -0.2) is 0 Å². The second-order valence-electron chi connectivity index (χ2n) is 6.30. The molecule has 25 heavy (non-hydrogen) atoms. The lowest BCUT2D eigenvalue weighted by atomic mass is 9.95. The van der Waals surface area contributed by atoms with Crippen LogP contribution in [0.2, 0.25) is 0 Å². The van der Waals surface area contributed by atoms with Crippen molar-refractivity contribution in [3.8, 4) is 11.3 Å². The third kappa shape index (κ3) is 4.95. The molecule has 1 aromatic carbocycles. The highest BCUT2D eigenvalue weighted by molar-refractivity contribution is 5.91. The Balaban J connectivity index is 2.47. The summed E-state index contributed by atoms with van der Waals surface area (Å²) in [6.07, 6.45) is 4.42. The third-order valence-electron chi connectivity index (χ3n) is 4.32. The molecule has 0 saturated heterocycles. The van der Waals surface area contributed by atoms with Gasteiger partial charge in [-0.3, -0.25) is 4.79 Å². The third-order valence-corrected chi connectivity index (χ3v) is 4.32. The molecule has 0 bridgehead atoms. The Hall–Kier alpha value is -2.56. The summed E-state index contributed by atoms with van der Waals surface area (Å²) in [4.78, 5) is 15.9. The van der Waals surface area contributed by atoms with E-state index in [1.165, 1.54) is 5.69 Å². The maximum atomic E-state index is 12.2. The van der Waals surface area contributed by atoms with Gasteiger partial charge in [-0.05, 0) is 36.5 Å². The number of nitrogens with zero attached hydrogens (tertiary/aromatic N) is 2. The van der Waals surface area contributed by atoms with E-state index in [4.69, 9.17) is 11.5 Å². The molecule has 0 aliphatic carbocycles. The molecule has 2 aromatic rings. The van der Waals surface area contributed by atoms with Crippen LogP contribution in [0.1, 0.15) is 51.1 Å². The van der Waals surface area contributed by atoms with Crippen molar-refractivity contribution < 1.29 is 4.79 Å². The van der Waals surface area contributed by atoms with Gasteiger partial charge < -0.3 is 16.0 Å². The number of aromatic nitrogens is 1. The molecule has 1 aromatic heterocycles. The number of carbonyl (C=O) groups is 1. The predicted octanol–water partition coefficient (Wildman–Crippen LogP) is 3.64. The first-order valence-electron chi connectivity index (χ1n) is 8.94. The molecule has 5 nitrogen and oxygen atoms in total. The zero-order valence-corrected chi connectivity index (χ0v) is 15.1. The number of rotatable bonds is 8. The highest BCUT2D eigenvalue weighted by Gasteiger charge is 2.19. The van der Waals surface area contributed by atoms with Crippen LogP contribution in [0.3, 0.4) is 0 Å². The molecule has 0 spiro atoms. The summed E-state index contributed by atoms with van der Waals surface area (Å²) in [7, 11) is 0. The monoisotopic (exact) mass is 340 g/mol. The molecule has 0 saturated carbocycles. The molecule has 2 rings (SSSR count). The molecule has 0 atom stereocenters. The van der Waals surface area contributed by atoms with Crippen molar-refractivity contribution in [1.29, 1.82) is 0 Å². The van der Waals surface area contributed by atoms with Gasteiger partial charge in [-0.1, -0.05) is 57.0 Å². The van der Waals surface area contributed by atoms with E-state index >= 15 is 0 Å². The molecule has 134 valence electrons. The topological polar surface area (TPSA) is 86.4 Å². The highest BCUT2D eigenvalue weighted by atomic mass is 16.1. The van der Waals surface area contributed by atoms with E-state index < -0.39 is 0 Å². The smallest absolute Gasteiger partial charge is 0.268 e. The van der Waals surface area contributed by atoms with Crippen LogP contribution in [0.15, 0.2) is 47.5 Å². The van der Waals surface area contributed by atoms with E-state index in [1.807, 2.05) is 18.2 Å². The van der Waals surface area contributed by atoms with Crippen LogP contribution in [-0.2, 0) is 11.3 Å². The molecule has 0 aliphatic rings. The second-order valence-corrected chi connectivity index (χ2v) is 6.30. The summed E-state index contributed by atoms with van der Waals surface area (Å²) < 4.78 is 2.07.